The average molecular weight is 306 g/mol. The molecular formula is C18H18N4O. The molecule has 1 saturated heterocycles. The van der Waals surface area contributed by atoms with Gasteiger partial charge in [-0.15, -0.1) is 0 Å². The Balaban J connectivity index is 1.66. The highest BCUT2D eigenvalue weighted by Crippen LogP contribution is 2.32. The highest BCUT2D eigenvalue weighted by atomic mass is 16.2. The maximum Gasteiger partial charge on any atom is 0.274 e. The second-order valence-electron chi connectivity index (χ2n) is 6.03. The first-order valence-corrected chi connectivity index (χ1v) is 7.90. The minimum Gasteiger partial charge on any atom is -0.330 e. The predicted molar refractivity (Wildman–Crippen MR) is 87.2 cm³/mol. The summed E-state index contributed by atoms with van der Waals surface area (Å²) in [6, 6.07) is 12.1. The minimum atomic E-state index is -0.0143. The van der Waals surface area contributed by atoms with E-state index in [0.29, 0.717) is 11.3 Å². The molecule has 5 nitrogen and oxygen atoms in total. The Labute approximate surface area is 134 Å². The van der Waals surface area contributed by atoms with Gasteiger partial charge in [-0.3, -0.25) is 4.79 Å². The van der Waals surface area contributed by atoms with E-state index in [9.17, 15) is 4.79 Å². The first-order chi connectivity index (χ1) is 11.2. The number of carbonyl (C=O) groups excluding carboxylic acids is 1. The summed E-state index contributed by atoms with van der Waals surface area (Å²) >= 11 is 0. The van der Waals surface area contributed by atoms with Crippen molar-refractivity contribution < 1.29 is 4.79 Å². The second kappa shape index (κ2) is 5.50. The molecule has 116 valence electrons. The van der Waals surface area contributed by atoms with Crippen LogP contribution in [-0.2, 0) is 0 Å². The van der Waals surface area contributed by atoms with Crippen molar-refractivity contribution in [3.05, 3.63) is 65.6 Å². The third-order valence-corrected chi connectivity index (χ3v) is 4.36. The topological polar surface area (TPSA) is 50.5 Å². The van der Waals surface area contributed by atoms with Crippen LogP contribution in [0.2, 0.25) is 0 Å². The maximum atomic E-state index is 12.9. The summed E-state index contributed by atoms with van der Waals surface area (Å²) in [4.78, 5) is 19.2. The van der Waals surface area contributed by atoms with Gasteiger partial charge in [0.15, 0.2) is 11.3 Å². The zero-order valence-corrected chi connectivity index (χ0v) is 13.0. The molecule has 0 saturated carbocycles. The van der Waals surface area contributed by atoms with Crippen LogP contribution in [-0.4, -0.2) is 31.9 Å². The number of likely N-dealkylation sites (tertiary alicyclic amines) is 1. The third kappa shape index (κ3) is 2.48. The van der Waals surface area contributed by atoms with Gasteiger partial charge >= 0.3 is 0 Å². The van der Waals surface area contributed by atoms with Gasteiger partial charge in [-0.05, 0) is 30.9 Å². The Morgan fingerprint density at radius 1 is 1.26 bits per heavy atom. The number of amides is 1. The fourth-order valence-electron chi connectivity index (χ4n) is 3.25. The fourth-order valence-corrected chi connectivity index (χ4v) is 3.25. The van der Waals surface area contributed by atoms with E-state index in [1.54, 1.807) is 16.8 Å². The van der Waals surface area contributed by atoms with Gasteiger partial charge < -0.3 is 4.90 Å². The fraction of sp³-hybridized carbons (Fsp3) is 0.278. The number of rotatable bonds is 2. The molecule has 2 aromatic heterocycles. The Morgan fingerprint density at radius 2 is 2.09 bits per heavy atom. The number of aromatic nitrogens is 3. The van der Waals surface area contributed by atoms with Gasteiger partial charge in [0.05, 0.1) is 6.04 Å². The van der Waals surface area contributed by atoms with Crippen molar-refractivity contribution in [2.45, 2.75) is 25.8 Å². The molecule has 1 aromatic carbocycles. The molecule has 0 aliphatic carbocycles. The van der Waals surface area contributed by atoms with Crippen LogP contribution in [0.15, 0.2) is 48.8 Å². The molecular weight excluding hydrogens is 288 g/mol. The normalized spacial score (nSPS) is 17.8. The number of hydrogen-bond donors (Lipinski definition) is 0. The molecule has 5 heteroatoms. The Kier molecular flexibility index (Phi) is 3.33. The number of fused-ring (bicyclic) bond motifs is 1. The Bertz CT molecular complexity index is 856. The highest BCUT2D eigenvalue weighted by molar-refractivity contribution is 5.93. The van der Waals surface area contributed by atoms with Gasteiger partial charge in [-0.25, -0.2) is 9.50 Å². The van der Waals surface area contributed by atoms with Crippen molar-refractivity contribution in [2.75, 3.05) is 6.54 Å². The van der Waals surface area contributed by atoms with Crippen molar-refractivity contribution in [1.29, 1.82) is 0 Å². The zero-order chi connectivity index (χ0) is 15.8. The number of benzene rings is 1. The summed E-state index contributed by atoms with van der Waals surface area (Å²) in [6.07, 6.45) is 5.70. The Morgan fingerprint density at radius 3 is 2.91 bits per heavy atom. The second-order valence-corrected chi connectivity index (χ2v) is 6.03. The van der Waals surface area contributed by atoms with Crippen molar-refractivity contribution in [3.63, 3.8) is 0 Å². The lowest BCUT2D eigenvalue weighted by atomic mass is 10.0. The van der Waals surface area contributed by atoms with E-state index in [-0.39, 0.29) is 11.9 Å². The van der Waals surface area contributed by atoms with Gasteiger partial charge in [-0.1, -0.05) is 30.3 Å². The van der Waals surface area contributed by atoms with E-state index < -0.39 is 0 Å². The SMILES string of the molecule is Cc1cnc2cc(C(=O)N3CCC[C@H]3c3ccccc3)nn2c1. The molecule has 3 heterocycles. The third-order valence-electron chi connectivity index (χ3n) is 4.36. The number of nitrogens with zero attached hydrogens (tertiary/aromatic N) is 4. The van der Waals surface area contributed by atoms with Crippen LogP contribution in [0.25, 0.3) is 5.65 Å². The van der Waals surface area contributed by atoms with Crippen molar-refractivity contribution in [2.24, 2.45) is 0 Å². The molecule has 23 heavy (non-hydrogen) atoms. The van der Waals surface area contributed by atoms with Gasteiger partial charge in [0.1, 0.15) is 0 Å². The summed E-state index contributed by atoms with van der Waals surface area (Å²) < 4.78 is 1.68. The molecule has 4 rings (SSSR count). The molecule has 1 aliphatic rings. The molecule has 0 bridgehead atoms. The average Bonchev–Trinajstić information content (AvgIpc) is 3.21. The largest absolute Gasteiger partial charge is 0.330 e. The van der Waals surface area contributed by atoms with Gasteiger partial charge in [0, 0.05) is 25.0 Å². The van der Waals surface area contributed by atoms with Crippen molar-refractivity contribution in [3.8, 4) is 0 Å². The highest BCUT2D eigenvalue weighted by Gasteiger charge is 2.31. The molecule has 1 fully saturated rings. The van der Waals surface area contributed by atoms with Crippen LogP contribution in [0.3, 0.4) is 0 Å². The van der Waals surface area contributed by atoms with Crippen LogP contribution in [0.5, 0.6) is 0 Å². The van der Waals surface area contributed by atoms with Crippen molar-refractivity contribution >= 4 is 11.6 Å². The molecule has 0 unspecified atom stereocenters. The number of hydrogen-bond acceptors (Lipinski definition) is 3. The molecule has 1 atom stereocenters. The molecule has 0 radical (unpaired) electrons. The summed E-state index contributed by atoms with van der Waals surface area (Å²) in [5.74, 6) is -0.0143. The van der Waals surface area contributed by atoms with E-state index >= 15 is 0 Å². The molecule has 1 amide bonds. The quantitative estimate of drug-likeness (QED) is 0.731. The Hall–Kier alpha value is -2.69. The monoisotopic (exact) mass is 306 g/mol. The van der Waals surface area contributed by atoms with Crippen molar-refractivity contribution in [1.82, 2.24) is 19.5 Å². The maximum absolute atomic E-state index is 12.9. The van der Waals surface area contributed by atoms with Gasteiger partial charge in [0.25, 0.3) is 5.91 Å². The van der Waals surface area contributed by atoms with Crippen LogP contribution in [0.4, 0.5) is 0 Å². The van der Waals surface area contributed by atoms with E-state index in [2.05, 4.69) is 22.2 Å². The number of carbonyl (C=O) groups is 1. The molecule has 1 aliphatic heterocycles. The first kappa shape index (κ1) is 13.9. The van der Waals surface area contributed by atoms with E-state index in [4.69, 9.17) is 0 Å². The molecule has 0 spiro atoms. The molecule has 3 aromatic rings. The lowest BCUT2D eigenvalue weighted by molar-refractivity contribution is 0.0729. The first-order valence-electron chi connectivity index (χ1n) is 7.90. The smallest absolute Gasteiger partial charge is 0.274 e. The van der Waals surface area contributed by atoms with Crippen LogP contribution < -0.4 is 0 Å². The standard InChI is InChI=1S/C18H18N4O/c1-13-11-19-17-10-15(20-22(17)12-13)18(23)21-9-5-8-16(21)14-6-3-2-4-7-14/h2-4,6-7,10-12,16H,5,8-9H2,1H3/t16-/m0/s1. The van der Waals surface area contributed by atoms with E-state index in [1.165, 1.54) is 5.56 Å². The molecule has 0 N–H and O–H groups in total. The van der Waals surface area contributed by atoms with Gasteiger partial charge in [-0.2, -0.15) is 5.10 Å². The number of aryl methyl sites for hydroxylation is 1. The van der Waals surface area contributed by atoms with E-state index in [0.717, 1.165) is 24.9 Å². The van der Waals surface area contributed by atoms with Crippen LogP contribution in [0, 0.1) is 6.92 Å². The summed E-state index contributed by atoms with van der Waals surface area (Å²) in [5, 5.41) is 4.41. The van der Waals surface area contributed by atoms with Crippen LogP contribution in [0.1, 0.15) is 40.5 Å². The minimum absolute atomic E-state index is 0.0143. The summed E-state index contributed by atoms with van der Waals surface area (Å²) in [5.41, 5.74) is 3.37. The van der Waals surface area contributed by atoms with E-state index in [1.807, 2.05) is 36.2 Å². The lowest BCUT2D eigenvalue weighted by Crippen LogP contribution is -2.30. The summed E-state index contributed by atoms with van der Waals surface area (Å²) in [6.45, 7) is 2.74. The van der Waals surface area contributed by atoms with Crippen LogP contribution >= 0.6 is 0 Å². The lowest BCUT2D eigenvalue weighted by Gasteiger charge is -2.24. The van der Waals surface area contributed by atoms with Gasteiger partial charge in [0.2, 0.25) is 0 Å². The predicted octanol–water partition coefficient (Wildman–Crippen LogP) is 3.02. The summed E-state index contributed by atoms with van der Waals surface area (Å²) in [7, 11) is 0. The zero-order valence-electron chi connectivity index (χ0n) is 13.0.